The smallest absolute Gasteiger partial charge is 0.123 e. The largest absolute Gasteiger partial charge is 0.488 e. The van der Waals surface area contributed by atoms with E-state index in [0.29, 0.717) is 0 Å². The zero-order valence-corrected chi connectivity index (χ0v) is 12.1. The van der Waals surface area contributed by atoms with E-state index >= 15 is 0 Å². The SMILES string of the molecule is CN(Cc1ccc(N)cc1)CC1Cc2cc(F)ccc2O1. The van der Waals surface area contributed by atoms with Crippen LogP contribution in [0.1, 0.15) is 11.1 Å². The van der Waals surface area contributed by atoms with Crippen LogP contribution in [0.5, 0.6) is 5.75 Å². The second-order valence-corrected chi connectivity index (χ2v) is 5.63. The molecule has 0 aromatic heterocycles. The van der Waals surface area contributed by atoms with E-state index in [0.717, 1.165) is 36.5 Å². The number of likely N-dealkylation sites (N-methyl/N-ethyl adjacent to an activating group) is 1. The normalized spacial score (nSPS) is 16.8. The van der Waals surface area contributed by atoms with Crippen molar-refractivity contribution in [3.8, 4) is 5.75 Å². The summed E-state index contributed by atoms with van der Waals surface area (Å²) in [6, 6.07) is 12.6. The third-order valence-corrected chi connectivity index (χ3v) is 3.71. The van der Waals surface area contributed by atoms with E-state index in [1.54, 1.807) is 12.1 Å². The monoisotopic (exact) mass is 286 g/mol. The van der Waals surface area contributed by atoms with Crippen LogP contribution in [0, 0.1) is 5.82 Å². The van der Waals surface area contributed by atoms with E-state index in [-0.39, 0.29) is 11.9 Å². The van der Waals surface area contributed by atoms with E-state index in [1.165, 1.54) is 11.6 Å². The summed E-state index contributed by atoms with van der Waals surface area (Å²) in [5.41, 5.74) is 8.64. The molecule has 0 fully saturated rings. The number of nitrogens with two attached hydrogens (primary N) is 1. The highest BCUT2D eigenvalue weighted by Gasteiger charge is 2.24. The lowest BCUT2D eigenvalue weighted by molar-refractivity contribution is 0.165. The van der Waals surface area contributed by atoms with Crippen LogP contribution in [0.4, 0.5) is 10.1 Å². The summed E-state index contributed by atoms with van der Waals surface area (Å²) in [5.74, 6) is 0.607. The predicted molar refractivity (Wildman–Crippen MR) is 81.7 cm³/mol. The quantitative estimate of drug-likeness (QED) is 0.878. The Bertz CT molecular complexity index is 627. The summed E-state index contributed by atoms with van der Waals surface area (Å²) < 4.78 is 19.1. The summed E-state index contributed by atoms with van der Waals surface area (Å²) >= 11 is 0. The van der Waals surface area contributed by atoms with Crippen LogP contribution in [0.2, 0.25) is 0 Å². The Morgan fingerprint density at radius 2 is 2.00 bits per heavy atom. The molecule has 0 bridgehead atoms. The van der Waals surface area contributed by atoms with Gasteiger partial charge in [-0.15, -0.1) is 0 Å². The summed E-state index contributed by atoms with van der Waals surface area (Å²) in [6.45, 7) is 1.64. The molecule has 21 heavy (non-hydrogen) atoms. The molecule has 0 amide bonds. The molecule has 1 atom stereocenters. The predicted octanol–water partition coefficient (Wildman–Crippen LogP) is 2.84. The molecular weight excluding hydrogens is 267 g/mol. The fourth-order valence-electron chi connectivity index (χ4n) is 2.74. The molecule has 4 heteroatoms. The molecule has 0 saturated carbocycles. The molecule has 3 rings (SSSR count). The van der Waals surface area contributed by atoms with Crippen molar-refractivity contribution in [2.24, 2.45) is 0 Å². The number of fused-ring (bicyclic) bond motifs is 1. The summed E-state index contributed by atoms with van der Waals surface area (Å²) in [6.07, 6.45) is 0.847. The van der Waals surface area contributed by atoms with Crippen LogP contribution < -0.4 is 10.5 Å². The molecule has 3 nitrogen and oxygen atoms in total. The Hall–Kier alpha value is -2.07. The molecule has 110 valence electrons. The molecule has 1 unspecified atom stereocenters. The van der Waals surface area contributed by atoms with Crippen molar-refractivity contribution in [3.63, 3.8) is 0 Å². The molecule has 0 radical (unpaired) electrons. The van der Waals surface area contributed by atoms with Crippen LogP contribution >= 0.6 is 0 Å². The van der Waals surface area contributed by atoms with Gasteiger partial charge in [-0.05, 0) is 42.9 Å². The van der Waals surface area contributed by atoms with Gasteiger partial charge < -0.3 is 10.5 Å². The van der Waals surface area contributed by atoms with Gasteiger partial charge in [-0.3, -0.25) is 4.90 Å². The van der Waals surface area contributed by atoms with Gasteiger partial charge in [0.15, 0.2) is 0 Å². The average molecular weight is 286 g/mol. The number of nitrogens with zero attached hydrogens (tertiary/aromatic N) is 1. The molecular formula is C17H19FN2O. The van der Waals surface area contributed by atoms with Crippen molar-refractivity contribution in [2.75, 3.05) is 19.3 Å². The van der Waals surface area contributed by atoms with Crippen LogP contribution in [0.15, 0.2) is 42.5 Å². The number of nitrogen functional groups attached to an aromatic ring is 1. The van der Waals surface area contributed by atoms with Crippen molar-refractivity contribution < 1.29 is 9.13 Å². The summed E-state index contributed by atoms with van der Waals surface area (Å²) in [7, 11) is 2.06. The van der Waals surface area contributed by atoms with Crippen LogP contribution in [0.25, 0.3) is 0 Å². The second-order valence-electron chi connectivity index (χ2n) is 5.63. The number of anilines is 1. The third-order valence-electron chi connectivity index (χ3n) is 3.71. The van der Waals surface area contributed by atoms with Crippen LogP contribution in [-0.4, -0.2) is 24.6 Å². The van der Waals surface area contributed by atoms with E-state index in [9.17, 15) is 4.39 Å². The standard InChI is InChI=1S/C17H19FN2O/c1-20(10-12-2-5-15(19)6-3-12)11-16-9-13-8-14(18)4-7-17(13)21-16/h2-8,16H,9-11,19H2,1H3. The number of ether oxygens (including phenoxy) is 1. The first-order valence-corrected chi connectivity index (χ1v) is 7.08. The fraction of sp³-hybridized carbons (Fsp3) is 0.294. The first kappa shape index (κ1) is 13.9. The lowest BCUT2D eigenvalue weighted by atomic mass is 10.1. The zero-order valence-electron chi connectivity index (χ0n) is 12.1. The molecule has 1 heterocycles. The molecule has 1 aliphatic heterocycles. The molecule has 2 N–H and O–H groups in total. The minimum absolute atomic E-state index is 0.0839. The van der Waals surface area contributed by atoms with Gasteiger partial charge in [-0.2, -0.15) is 0 Å². The van der Waals surface area contributed by atoms with Crippen LogP contribution in [0.3, 0.4) is 0 Å². The minimum atomic E-state index is -0.201. The van der Waals surface area contributed by atoms with E-state index < -0.39 is 0 Å². The first-order chi connectivity index (χ1) is 10.1. The number of hydrogen-bond acceptors (Lipinski definition) is 3. The van der Waals surface area contributed by atoms with Crippen LogP contribution in [-0.2, 0) is 13.0 Å². The van der Waals surface area contributed by atoms with Gasteiger partial charge in [-0.25, -0.2) is 4.39 Å². The number of benzene rings is 2. The first-order valence-electron chi connectivity index (χ1n) is 7.08. The Morgan fingerprint density at radius 3 is 2.76 bits per heavy atom. The number of hydrogen-bond donors (Lipinski definition) is 1. The van der Waals surface area contributed by atoms with E-state index in [4.69, 9.17) is 10.5 Å². The second kappa shape index (κ2) is 5.74. The zero-order chi connectivity index (χ0) is 14.8. The lowest BCUT2D eigenvalue weighted by Gasteiger charge is -2.20. The molecule has 2 aromatic rings. The lowest BCUT2D eigenvalue weighted by Crippen LogP contribution is -2.31. The van der Waals surface area contributed by atoms with Gasteiger partial charge in [0.1, 0.15) is 17.7 Å². The van der Waals surface area contributed by atoms with E-state index in [2.05, 4.69) is 11.9 Å². The molecule has 1 aliphatic rings. The third kappa shape index (κ3) is 3.34. The molecule has 0 saturated heterocycles. The number of rotatable bonds is 4. The summed E-state index contributed by atoms with van der Waals surface area (Å²) in [5, 5.41) is 0. The molecule has 2 aromatic carbocycles. The average Bonchev–Trinajstić information content (AvgIpc) is 2.82. The Morgan fingerprint density at radius 1 is 1.24 bits per heavy atom. The molecule has 0 aliphatic carbocycles. The number of halogens is 1. The topological polar surface area (TPSA) is 38.5 Å². The van der Waals surface area contributed by atoms with Gasteiger partial charge >= 0.3 is 0 Å². The Balaban J connectivity index is 1.57. The van der Waals surface area contributed by atoms with Gasteiger partial charge in [0.05, 0.1) is 0 Å². The van der Waals surface area contributed by atoms with Crippen molar-refractivity contribution in [3.05, 3.63) is 59.4 Å². The highest BCUT2D eigenvalue weighted by atomic mass is 19.1. The van der Waals surface area contributed by atoms with Crippen molar-refractivity contribution in [2.45, 2.75) is 19.1 Å². The van der Waals surface area contributed by atoms with Crippen molar-refractivity contribution in [1.82, 2.24) is 4.90 Å². The maximum absolute atomic E-state index is 13.2. The highest BCUT2D eigenvalue weighted by Crippen LogP contribution is 2.29. The maximum atomic E-state index is 13.2. The van der Waals surface area contributed by atoms with E-state index in [1.807, 2.05) is 24.3 Å². The molecule has 0 spiro atoms. The van der Waals surface area contributed by atoms with Crippen molar-refractivity contribution >= 4 is 5.69 Å². The van der Waals surface area contributed by atoms with Gasteiger partial charge in [-0.1, -0.05) is 12.1 Å². The van der Waals surface area contributed by atoms with Crippen molar-refractivity contribution in [1.29, 1.82) is 0 Å². The Kier molecular flexibility index (Phi) is 3.80. The summed E-state index contributed by atoms with van der Waals surface area (Å²) in [4.78, 5) is 2.21. The van der Waals surface area contributed by atoms with Gasteiger partial charge in [0, 0.05) is 30.8 Å². The maximum Gasteiger partial charge on any atom is 0.123 e. The Labute approximate surface area is 124 Å². The highest BCUT2D eigenvalue weighted by molar-refractivity contribution is 5.39. The fourth-order valence-corrected chi connectivity index (χ4v) is 2.74. The van der Waals surface area contributed by atoms with Gasteiger partial charge in [0.25, 0.3) is 0 Å². The minimum Gasteiger partial charge on any atom is -0.488 e. The van der Waals surface area contributed by atoms with Gasteiger partial charge in [0.2, 0.25) is 0 Å².